The third-order valence-corrected chi connectivity index (χ3v) is 3.63. The fourth-order valence-corrected chi connectivity index (χ4v) is 2.59. The van der Waals surface area contributed by atoms with Gasteiger partial charge in [0.2, 0.25) is 0 Å². The molecule has 1 aliphatic rings. The van der Waals surface area contributed by atoms with Crippen molar-refractivity contribution in [1.82, 2.24) is 5.32 Å². The van der Waals surface area contributed by atoms with E-state index in [1.165, 1.54) is 12.1 Å². The number of aliphatic hydroxyl groups is 1. The summed E-state index contributed by atoms with van der Waals surface area (Å²) in [4.78, 5) is 0. The number of nitrogens with one attached hydrogen (secondary N) is 1. The van der Waals surface area contributed by atoms with Crippen molar-refractivity contribution in [2.45, 2.75) is 50.8 Å². The molecular weight excluding hydrogens is 243 g/mol. The molecule has 3 nitrogen and oxygen atoms in total. The summed E-state index contributed by atoms with van der Waals surface area (Å²) in [6, 6.07) is 6.35. The quantitative estimate of drug-likeness (QED) is 0.823. The molecule has 2 unspecified atom stereocenters. The van der Waals surface area contributed by atoms with Crippen LogP contribution in [-0.2, 0) is 6.54 Å². The third-order valence-electron chi connectivity index (χ3n) is 3.63. The van der Waals surface area contributed by atoms with Crippen molar-refractivity contribution in [2.24, 2.45) is 0 Å². The second-order valence-electron chi connectivity index (χ2n) is 5.15. The predicted molar refractivity (Wildman–Crippen MR) is 70.8 cm³/mol. The normalized spacial score (nSPS) is 23.6. The molecule has 0 saturated heterocycles. The maximum absolute atomic E-state index is 13.3. The number of halogens is 1. The zero-order chi connectivity index (χ0) is 13.7. The van der Waals surface area contributed by atoms with Crippen LogP contribution in [-0.4, -0.2) is 17.3 Å². The van der Waals surface area contributed by atoms with Gasteiger partial charge in [0.15, 0.2) is 0 Å². The predicted octanol–water partition coefficient (Wildman–Crippen LogP) is 2.48. The van der Waals surface area contributed by atoms with Crippen molar-refractivity contribution >= 4 is 0 Å². The smallest absolute Gasteiger partial charge is 0.124 e. The molecule has 0 bridgehead atoms. The first kappa shape index (κ1) is 14.0. The number of nitriles is 1. The Morgan fingerprint density at radius 3 is 2.84 bits per heavy atom. The second-order valence-corrected chi connectivity index (χ2v) is 5.15. The molecule has 19 heavy (non-hydrogen) atoms. The molecule has 1 fully saturated rings. The molecule has 0 aliphatic heterocycles. The average molecular weight is 262 g/mol. The van der Waals surface area contributed by atoms with Gasteiger partial charge in [-0.25, -0.2) is 4.39 Å². The maximum Gasteiger partial charge on any atom is 0.124 e. The van der Waals surface area contributed by atoms with Gasteiger partial charge in [0.1, 0.15) is 5.82 Å². The van der Waals surface area contributed by atoms with E-state index in [-0.39, 0.29) is 12.1 Å². The Hall–Kier alpha value is -1.44. The zero-order valence-corrected chi connectivity index (χ0v) is 10.9. The maximum atomic E-state index is 13.3. The van der Waals surface area contributed by atoms with Crippen molar-refractivity contribution in [3.8, 4) is 6.07 Å². The average Bonchev–Trinajstić information content (AvgIpc) is 2.60. The van der Waals surface area contributed by atoms with Gasteiger partial charge in [0, 0.05) is 12.6 Å². The Kier molecular flexibility index (Phi) is 4.89. The molecule has 2 atom stereocenters. The minimum absolute atomic E-state index is 0.0660. The van der Waals surface area contributed by atoms with Gasteiger partial charge in [-0.1, -0.05) is 19.3 Å². The second kappa shape index (κ2) is 6.65. The lowest BCUT2D eigenvalue weighted by Gasteiger charge is -2.21. The highest BCUT2D eigenvalue weighted by atomic mass is 19.1. The SMILES string of the molecule is N#Cc1cc(F)cc(CNC2CCCCCC2O)c1. The van der Waals surface area contributed by atoms with Crippen molar-refractivity contribution in [3.63, 3.8) is 0 Å². The lowest BCUT2D eigenvalue weighted by Crippen LogP contribution is -2.38. The molecular formula is C15H19FN2O. The Labute approximate surface area is 113 Å². The zero-order valence-electron chi connectivity index (χ0n) is 10.9. The summed E-state index contributed by atoms with van der Waals surface area (Å²) < 4.78 is 13.3. The Bertz CT molecular complexity index is 470. The molecule has 1 aromatic carbocycles. The first-order chi connectivity index (χ1) is 9.19. The molecule has 0 heterocycles. The first-order valence-electron chi connectivity index (χ1n) is 6.80. The first-order valence-corrected chi connectivity index (χ1v) is 6.80. The summed E-state index contributed by atoms with van der Waals surface area (Å²) >= 11 is 0. The van der Waals surface area contributed by atoms with Crippen LogP contribution in [0.5, 0.6) is 0 Å². The van der Waals surface area contributed by atoms with E-state index in [1.807, 2.05) is 6.07 Å². The summed E-state index contributed by atoms with van der Waals surface area (Å²) in [7, 11) is 0. The molecule has 2 rings (SSSR count). The van der Waals surface area contributed by atoms with Gasteiger partial charge in [0.25, 0.3) is 0 Å². The van der Waals surface area contributed by atoms with E-state index in [2.05, 4.69) is 5.32 Å². The van der Waals surface area contributed by atoms with Gasteiger partial charge in [-0.05, 0) is 36.6 Å². The number of hydrogen-bond donors (Lipinski definition) is 2. The number of nitrogens with zero attached hydrogens (tertiary/aromatic N) is 1. The van der Waals surface area contributed by atoms with Gasteiger partial charge >= 0.3 is 0 Å². The van der Waals surface area contributed by atoms with E-state index in [0.29, 0.717) is 12.1 Å². The number of aliphatic hydroxyl groups excluding tert-OH is 1. The Balaban J connectivity index is 1.97. The molecule has 1 aromatic rings. The summed E-state index contributed by atoms with van der Waals surface area (Å²) in [5, 5.41) is 22.1. The molecule has 0 amide bonds. The lowest BCUT2D eigenvalue weighted by atomic mass is 10.1. The third kappa shape index (κ3) is 4.02. The van der Waals surface area contributed by atoms with Crippen LogP contribution < -0.4 is 5.32 Å². The minimum Gasteiger partial charge on any atom is -0.392 e. The van der Waals surface area contributed by atoms with Crippen LogP contribution in [0.2, 0.25) is 0 Å². The Morgan fingerprint density at radius 1 is 1.26 bits per heavy atom. The number of rotatable bonds is 3. The Morgan fingerprint density at radius 2 is 2.05 bits per heavy atom. The lowest BCUT2D eigenvalue weighted by molar-refractivity contribution is 0.119. The molecule has 2 N–H and O–H groups in total. The van der Waals surface area contributed by atoms with Crippen molar-refractivity contribution in [1.29, 1.82) is 5.26 Å². The topological polar surface area (TPSA) is 56.0 Å². The fourth-order valence-electron chi connectivity index (χ4n) is 2.59. The molecule has 102 valence electrons. The van der Waals surface area contributed by atoms with Gasteiger partial charge in [0.05, 0.1) is 17.7 Å². The summed E-state index contributed by atoms with van der Waals surface area (Å²) in [6.07, 6.45) is 4.78. The number of benzene rings is 1. The van der Waals surface area contributed by atoms with E-state index in [1.54, 1.807) is 6.07 Å². The van der Waals surface area contributed by atoms with Crippen LogP contribution in [0.1, 0.15) is 43.2 Å². The van der Waals surface area contributed by atoms with Gasteiger partial charge < -0.3 is 10.4 Å². The highest BCUT2D eigenvalue weighted by molar-refractivity contribution is 5.33. The van der Waals surface area contributed by atoms with Gasteiger partial charge in [-0.3, -0.25) is 0 Å². The van der Waals surface area contributed by atoms with E-state index < -0.39 is 5.82 Å². The summed E-state index contributed by atoms with van der Waals surface area (Å²) in [5.74, 6) is -0.391. The van der Waals surface area contributed by atoms with Gasteiger partial charge in [-0.15, -0.1) is 0 Å². The van der Waals surface area contributed by atoms with Crippen molar-refractivity contribution in [2.75, 3.05) is 0 Å². The highest BCUT2D eigenvalue weighted by Gasteiger charge is 2.20. The van der Waals surface area contributed by atoms with E-state index >= 15 is 0 Å². The molecule has 4 heteroatoms. The summed E-state index contributed by atoms with van der Waals surface area (Å²) in [5.41, 5.74) is 1.08. The molecule has 0 spiro atoms. The van der Waals surface area contributed by atoms with Crippen molar-refractivity contribution in [3.05, 3.63) is 35.1 Å². The largest absolute Gasteiger partial charge is 0.392 e. The van der Waals surface area contributed by atoms with Crippen LogP contribution in [0.15, 0.2) is 18.2 Å². The van der Waals surface area contributed by atoms with E-state index in [4.69, 9.17) is 5.26 Å². The van der Waals surface area contributed by atoms with Crippen LogP contribution in [0.4, 0.5) is 4.39 Å². The summed E-state index contributed by atoms with van der Waals surface area (Å²) in [6.45, 7) is 0.480. The molecule has 0 radical (unpaired) electrons. The fraction of sp³-hybridized carbons (Fsp3) is 0.533. The van der Waals surface area contributed by atoms with Crippen LogP contribution in [0.3, 0.4) is 0 Å². The molecule has 1 saturated carbocycles. The standard InChI is InChI=1S/C15H19FN2O/c16-13-7-11(9-17)6-12(8-13)10-18-14-4-2-1-3-5-15(14)19/h6-8,14-15,18-19H,1-5,10H2. The van der Waals surface area contributed by atoms with E-state index in [0.717, 1.165) is 37.7 Å². The van der Waals surface area contributed by atoms with Crippen LogP contribution >= 0.6 is 0 Å². The van der Waals surface area contributed by atoms with E-state index in [9.17, 15) is 9.50 Å². The van der Waals surface area contributed by atoms with Gasteiger partial charge in [-0.2, -0.15) is 5.26 Å². The minimum atomic E-state index is -0.391. The van der Waals surface area contributed by atoms with Crippen LogP contribution in [0, 0.1) is 17.1 Å². The molecule has 1 aliphatic carbocycles. The number of hydrogen-bond acceptors (Lipinski definition) is 3. The van der Waals surface area contributed by atoms with Crippen molar-refractivity contribution < 1.29 is 9.50 Å². The highest BCUT2D eigenvalue weighted by Crippen LogP contribution is 2.18. The van der Waals surface area contributed by atoms with Crippen LogP contribution in [0.25, 0.3) is 0 Å². The molecule has 0 aromatic heterocycles. The monoisotopic (exact) mass is 262 g/mol.